The third kappa shape index (κ3) is 3.50. The van der Waals surface area contributed by atoms with Crippen LogP contribution in [0, 0.1) is 0 Å². The summed E-state index contributed by atoms with van der Waals surface area (Å²) in [5.41, 5.74) is 0.450. The number of hydrogen-bond donors (Lipinski definition) is 0. The topological polar surface area (TPSA) is 84.0 Å². The van der Waals surface area contributed by atoms with Crippen LogP contribution in [0.15, 0.2) is 52.1 Å². The molecule has 2 unspecified atom stereocenters. The van der Waals surface area contributed by atoms with Crippen molar-refractivity contribution in [3.05, 3.63) is 47.8 Å². The van der Waals surface area contributed by atoms with E-state index in [4.69, 9.17) is 4.74 Å². The van der Waals surface area contributed by atoms with Gasteiger partial charge in [0.05, 0.1) is 18.2 Å². The van der Waals surface area contributed by atoms with Gasteiger partial charge >= 0.3 is 0 Å². The van der Waals surface area contributed by atoms with E-state index < -0.39 is 27.9 Å². The number of hydrogen-bond acceptors (Lipinski definition) is 6. The van der Waals surface area contributed by atoms with Crippen molar-refractivity contribution in [3.63, 3.8) is 0 Å². The minimum atomic E-state index is -3.92. The third-order valence-electron chi connectivity index (χ3n) is 4.95. The van der Waals surface area contributed by atoms with Gasteiger partial charge in [-0.3, -0.25) is 9.59 Å². The van der Waals surface area contributed by atoms with Crippen LogP contribution < -0.4 is 4.90 Å². The largest absolute Gasteiger partial charge is 0.377 e. The Bertz CT molecular complexity index is 953. The van der Waals surface area contributed by atoms with Crippen molar-refractivity contribution in [1.29, 1.82) is 0 Å². The lowest BCUT2D eigenvalue weighted by Gasteiger charge is -2.28. The number of carbonyl (C=O) groups is 2. The summed E-state index contributed by atoms with van der Waals surface area (Å²) >= 11 is 1.09. The van der Waals surface area contributed by atoms with E-state index in [1.54, 1.807) is 41.8 Å². The normalized spacial score (nSPS) is 23.1. The number of imide groups is 1. The van der Waals surface area contributed by atoms with E-state index in [1.807, 2.05) is 0 Å². The van der Waals surface area contributed by atoms with E-state index in [0.717, 1.165) is 33.4 Å². The summed E-state index contributed by atoms with van der Waals surface area (Å²) in [6.45, 7) is 0.637. The predicted molar refractivity (Wildman–Crippen MR) is 105 cm³/mol. The highest BCUT2D eigenvalue weighted by Crippen LogP contribution is 2.31. The van der Waals surface area contributed by atoms with Gasteiger partial charge in [-0.25, -0.2) is 13.3 Å². The Balaban J connectivity index is 1.68. The molecule has 0 aliphatic carbocycles. The van der Waals surface area contributed by atoms with Crippen molar-refractivity contribution < 1.29 is 22.7 Å². The van der Waals surface area contributed by atoms with Gasteiger partial charge in [0.2, 0.25) is 5.91 Å². The van der Waals surface area contributed by atoms with Crippen LogP contribution in [0.4, 0.5) is 5.69 Å². The molecule has 3 heterocycles. The molecule has 28 heavy (non-hydrogen) atoms. The van der Waals surface area contributed by atoms with Crippen molar-refractivity contribution >= 4 is 38.9 Å². The van der Waals surface area contributed by atoms with Crippen LogP contribution in [-0.4, -0.2) is 49.8 Å². The van der Waals surface area contributed by atoms with E-state index in [-0.39, 0.29) is 23.3 Å². The van der Waals surface area contributed by atoms with Crippen LogP contribution in [0.25, 0.3) is 0 Å². The van der Waals surface area contributed by atoms with Crippen LogP contribution in [0.1, 0.15) is 19.3 Å². The SMILES string of the molecule is O=C1CC(N(CC2CCCO2)S(=O)(=O)c2cccs2)C(=O)N1c1ccccc1. The maximum absolute atomic E-state index is 13.3. The molecule has 2 amide bonds. The molecule has 0 bridgehead atoms. The van der Waals surface area contributed by atoms with Crippen molar-refractivity contribution in [2.24, 2.45) is 0 Å². The highest BCUT2D eigenvalue weighted by Gasteiger charge is 2.48. The number of anilines is 1. The second-order valence-corrected chi connectivity index (χ2v) is 9.83. The lowest BCUT2D eigenvalue weighted by molar-refractivity contribution is -0.122. The predicted octanol–water partition coefficient (Wildman–Crippen LogP) is 2.25. The Kier molecular flexibility index (Phi) is 5.33. The molecule has 2 atom stereocenters. The zero-order valence-electron chi connectivity index (χ0n) is 15.1. The standard InChI is InChI=1S/C19H20N2O5S2/c22-17-12-16(19(23)21(17)14-6-2-1-3-7-14)20(13-15-8-4-10-26-15)28(24,25)18-9-5-11-27-18/h1-3,5-7,9,11,15-16H,4,8,10,12-13H2. The first kappa shape index (κ1) is 19.3. The second kappa shape index (κ2) is 7.75. The first-order valence-electron chi connectivity index (χ1n) is 9.07. The molecule has 2 aliphatic heterocycles. The van der Waals surface area contributed by atoms with Crippen LogP contribution in [-0.2, 0) is 24.3 Å². The molecule has 0 N–H and O–H groups in total. The molecule has 2 saturated heterocycles. The van der Waals surface area contributed by atoms with E-state index in [1.165, 1.54) is 6.07 Å². The number of sulfonamides is 1. The van der Waals surface area contributed by atoms with Crippen molar-refractivity contribution in [2.45, 2.75) is 35.6 Å². The number of benzene rings is 1. The molecule has 2 aromatic rings. The molecule has 0 radical (unpaired) electrons. The minimum absolute atomic E-state index is 0.0621. The second-order valence-electron chi connectivity index (χ2n) is 6.76. The maximum Gasteiger partial charge on any atom is 0.253 e. The highest BCUT2D eigenvalue weighted by atomic mass is 32.2. The van der Waals surface area contributed by atoms with Crippen molar-refractivity contribution in [3.8, 4) is 0 Å². The highest BCUT2D eigenvalue weighted by molar-refractivity contribution is 7.91. The number of rotatable bonds is 6. The Hall–Kier alpha value is -2.07. The molecular formula is C19H20N2O5S2. The van der Waals surface area contributed by atoms with Gasteiger partial charge < -0.3 is 4.74 Å². The molecule has 1 aromatic carbocycles. The van der Waals surface area contributed by atoms with Gasteiger partial charge in [-0.2, -0.15) is 4.31 Å². The Morgan fingerprint density at radius 2 is 1.93 bits per heavy atom. The fourth-order valence-electron chi connectivity index (χ4n) is 3.60. The Morgan fingerprint density at radius 3 is 2.57 bits per heavy atom. The zero-order valence-corrected chi connectivity index (χ0v) is 16.7. The zero-order chi connectivity index (χ0) is 19.7. The first-order chi connectivity index (χ1) is 13.5. The quantitative estimate of drug-likeness (QED) is 0.670. The van der Waals surface area contributed by atoms with E-state index in [9.17, 15) is 18.0 Å². The van der Waals surface area contributed by atoms with E-state index in [2.05, 4.69) is 0 Å². The molecule has 1 aromatic heterocycles. The summed E-state index contributed by atoms with van der Waals surface area (Å²) in [4.78, 5) is 26.8. The molecule has 7 nitrogen and oxygen atoms in total. The summed E-state index contributed by atoms with van der Waals surface area (Å²) in [5, 5.41) is 1.68. The number of ether oxygens (including phenoxy) is 1. The smallest absolute Gasteiger partial charge is 0.253 e. The molecule has 0 saturated carbocycles. The van der Waals surface area contributed by atoms with Gasteiger partial charge in [-0.1, -0.05) is 24.3 Å². The van der Waals surface area contributed by atoms with Gasteiger partial charge in [0.1, 0.15) is 10.3 Å². The summed E-state index contributed by atoms with van der Waals surface area (Å²) in [5.74, 6) is -0.922. The molecule has 2 aliphatic rings. The van der Waals surface area contributed by atoms with Crippen LogP contribution in [0.2, 0.25) is 0 Å². The van der Waals surface area contributed by atoms with E-state index >= 15 is 0 Å². The van der Waals surface area contributed by atoms with Gasteiger partial charge in [-0.15, -0.1) is 11.3 Å². The van der Waals surface area contributed by atoms with Gasteiger partial charge in [0.25, 0.3) is 15.9 Å². The summed E-state index contributed by atoms with van der Waals surface area (Å²) < 4.78 is 33.5. The van der Waals surface area contributed by atoms with Gasteiger partial charge in [0.15, 0.2) is 0 Å². The van der Waals surface area contributed by atoms with Crippen molar-refractivity contribution in [2.75, 3.05) is 18.1 Å². The maximum atomic E-state index is 13.3. The molecular weight excluding hydrogens is 400 g/mol. The fraction of sp³-hybridized carbons (Fsp3) is 0.368. The third-order valence-corrected chi connectivity index (χ3v) is 8.20. The van der Waals surface area contributed by atoms with Crippen LogP contribution in [0.3, 0.4) is 0 Å². The number of amides is 2. The monoisotopic (exact) mass is 420 g/mol. The number of para-hydroxylation sites is 1. The Labute approximate surface area is 167 Å². The molecule has 0 spiro atoms. The molecule has 9 heteroatoms. The minimum Gasteiger partial charge on any atom is -0.377 e. The lowest BCUT2D eigenvalue weighted by Crippen LogP contribution is -2.48. The average molecular weight is 421 g/mol. The first-order valence-corrected chi connectivity index (χ1v) is 11.4. The summed E-state index contributed by atoms with van der Waals surface area (Å²) in [6.07, 6.45) is 1.13. The van der Waals surface area contributed by atoms with Crippen LogP contribution in [0.5, 0.6) is 0 Å². The fourth-order valence-corrected chi connectivity index (χ4v) is 6.33. The molecule has 4 rings (SSSR count). The molecule has 2 fully saturated rings. The number of nitrogens with zero attached hydrogens (tertiary/aromatic N) is 2. The van der Waals surface area contributed by atoms with Crippen molar-refractivity contribution in [1.82, 2.24) is 4.31 Å². The van der Waals surface area contributed by atoms with Gasteiger partial charge in [0, 0.05) is 13.2 Å². The van der Waals surface area contributed by atoms with E-state index in [0.29, 0.717) is 12.3 Å². The number of thiophene rings is 1. The lowest BCUT2D eigenvalue weighted by atomic mass is 10.2. The number of carbonyl (C=O) groups excluding carboxylic acids is 2. The van der Waals surface area contributed by atoms with Crippen LogP contribution >= 0.6 is 11.3 Å². The Morgan fingerprint density at radius 1 is 1.14 bits per heavy atom. The summed E-state index contributed by atoms with van der Waals surface area (Å²) in [6, 6.07) is 10.7. The molecule has 148 valence electrons. The van der Waals surface area contributed by atoms with Gasteiger partial charge in [-0.05, 0) is 36.4 Å². The average Bonchev–Trinajstić information content (AvgIpc) is 3.43. The summed E-state index contributed by atoms with van der Waals surface area (Å²) in [7, 11) is -3.92.